The fourth-order valence-corrected chi connectivity index (χ4v) is 3.17. The number of benzene rings is 1. The maximum atomic E-state index is 12.1. The Labute approximate surface area is 112 Å². The lowest BCUT2D eigenvalue weighted by Crippen LogP contribution is -2.27. The quantitative estimate of drug-likeness (QED) is 0.908. The van der Waals surface area contributed by atoms with Gasteiger partial charge in [-0.05, 0) is 37.7 Å². The Hall–Kier alpha value is -1.16. The second kappa shape index (κ2) is 6.69. The van der Waals surface area contributed by atoms with Crippen molar-refractivity contribution in [3.63, 3.8) is 0 Å². The van der Waals surface area contributed by atoms with Crippen LogP contribution in [0, 0.1) is 5.92 Å². The van der Waals surface area contributed by atoms with E-state index in [4.69, 9.17) is 4.74 Å². The monoisotopic (exact) mass is 265 g/mol. The Kier molecular flexibility index (Phi) is 4.93. The molecule has 0 bridgehead atoms. The average molecular weight is 265 g/mol. The van der Waals surface area contributed by atoms with E-state index in [1.54, 1.807) is 0 Å². The summed E-state index contributed by atoms with van der Waals surface area (Å²) in [4.78, 5) is 12.1. The van der Waals surface area contributed by atoms with Crippen LogP contribution in [0.15, 0.2) is 24.3 Å². The van der Waals surface area contributed by atoms with Crippen molar-refractivity contribution in [1.82, 2.24) is 0 Å². The van der Waals surface area contributed by atoms with Gasteiger partial charge in [-0.2, -0.15) is 11.8 Å². The van der Waals surface area contributed by atoms with Crippen molar-refractivity contribution in [2.75, 3.05) is 23.4 Å². The molecule has 1 saturated heterocycles. The first kappa shape index (κ1) is 13.3. The highest BCUT2D eigenvalue weighted by Gasteiger charge is 2.22. The predicted molar refractivity (Wildman–Crippen MR) is 76.3 cm³/mol. The van der Waals surface area contributed by atoms with Crippen molar-refractivity contribution >= 4 is 23.4 Å². The minimum Gasteiger partial charge on any atom is -0.492 e. The lowest BCUT2D eigenvalue weighted by Gasteiger charge is -2.21. The molecule has 1 fully saturated rings. The summed E-state index contributed by atoms with van der Waals surface area (Å²) in [7, 11) is 0. The second-order valence-electron chi connectivity index (χ2n) is 4.33. The molecule has 0 spiro atoms. The van der Waals surface area contributed by atoms with Crippen LogP contribution in [0.25, 0.3) is 0 Å². The van der Waals surface area contributed by atoms with E-state index >= 15 is 0 Å². The van der Waals surface area contributed by atoms with Gasteiger partial charge in [0, 0.05) is 11.7 Å². The van der Waals surface area contributed by atoms with Crippen LogP contribution in [-0.4, -0.2) is 24.0 Å². The molecule has 1 heterocycles. The number of rotatable bonds is 4. The Morgan fingerprint density at radius 3 is 3.06 bits per heavy atom. The Morgan fingerprint density at radius 2 is 2.33 bits per heavy atom. The average Bonchev–Trinajstić information content (AvgIpc) is 2.42. The lowest BCUT2D eigenvalue weighted by atomic mass is 10.0. The zero-order valence-corrected chi connectivity index (χ0v) is 11.5. The van der Waals surface area contributed by atoms with Gasteiger partial charge in [-0.15, -0.1) is 0 Å². The highest BCUT2D eigenvalue weighted by Crippen LogP contribution is 2.27. The minimum absolute atomic E-state index is 0.120. The summed E-state index contributed by atoms with van der Waals surface area (Å²) in [6.45, 7) is 2.54. The van der Waals surface area contributed by atoms with Gasteiger partial charge in [0.15, 0.2) is 0 Å². The number of thioether (sulfide) groups is 1. The van der Waals surface area contributed by atoms with Gasteiger partial charge in [0.1, 0.15) is 5.75 Å². The molecule has 1 aliphatic rings. The van der Waals surface area contributed by atoms with Gasteiger partial charge in [-0.3, -0.25) is 4.79 Å². The molecule has 0 aliphatic carbocycles. The van der Waals surface area contributed by atoms with Crippen molar-refractivity contribution in [2.24, 2.45) is 5.92 Å². The minimum atomic E-state index is 0.120. The molecule has 0 aromatic heterocycles. The van der Waals surface area contributed by atoms with Crippen LogP contribution in [0.5, 0.6) is 5.75 Å². The number of nitrogens with one attached hydrogen (secondary N) is 1. The number of carbonyl (C=O) groups excluding carboxylic acids is 1. The van der Waals surface area contributed by atoms with Crippen LogP contribution in [0.4, 0.5) is 5.69 Å². The molecule has 1 amide bonds. The second-order valence-corrected chi connectivity index (χ2v) is 5.48. The van der Waals surface area contributed by atoms with Crippen LogP contribution < -0.4 is 10.1 Å². The topological polar surface area (TPSA) is 38.3 Å². The lowest BCUT2D eigenvalue weighted by molar-refractivity contribution is -0.119. The van der Waals surface area contributed by atoms with E-state index in [0.717, 1.165) is 30.0 Å². The van der Waals surface area contributed by atoms with Crippen molar-refractivity contribution in [1.29, 1.82) is 0 Å². The van der Waals surface area contributed by atoms with E-state index < -0.39 is 0 Å². The fraction of sp³-hybridized carbons (Fsp3) is 0.500. The first-order valence-electron chi connectivity index (χ1n) is 6.41. The molecule has 1 aromatic carbocycles. The first-order valence-corrected chi connectivity index (χ1v) is 7.57. The van der Waals surface area contributed by atoms with E-state index in [1.807, 2.05) is 43.0 Å². The zero-order chi connectivity index (χ0) is 12.8. The highest BCUT2D eigenvalue weighted by atomic mass is 32.2. The molecule has 98 valence electrons. The molecule has 3 nitrogen and oxygen atoms in total. The van der Waals surface area contributed by atoms with E-state index in [2.05, 4.69) is 5.32 Å². The summed E-state index contributed by atoms with van der Waals surface area (Å²) in [5.74, 6) is 3.12. The van der Waals surface area contributed by atoms with Gasteiger partial charge in [-0.1, -0.05) is 12.1 Å². The molecule has 0 radical (unpaired) electrons. The summed E-state index contributed by atoms with van der Waals surface area (Å²) in [6, 6.07) is 7.60. The smallest absolute Gasteiger partial charge is 0.228 e. The number of anilines is 1. The molecule has 1 atom stereocenters. The van der Waals surface area contributed by atoms with Crippen LogP contribution >= 0.6 is 11.8 Å². The number of carbonyl (C=O) groups is 1. The summed E-state index contributed by atoms with van der Waals surface area (Å²) >= 11 is 1.86. The van der Waals surface area contributed by atoms with Crippen molar-refractivity contribution < 1.29 is 9.53 Å². The van der Waals surface area contributed by atoms with Gasteiger partial charge >= 0.3 is 0 Å². The van der Waals surface area contributed by atoms with E-state index in [9.17, 15) is 4.79 Å². The number of para-hydroxylation sites is 2. The highest BCUT2D eigenvalue weighted by molar-refractivity contribution is 7.99. The number of hydrogen-bond donors (Lipinski definition) is 1. The number of hydrogen-bond acceptors (Lipinski definition) is 3. The SMILES string of the molecule is CCOc1ccccc1NC(=O)C1CCCSC1. The third kappa shape index (κ3) is 3.42. The van der Waals surface area contributed by atoms with Crippen LogP contribution in [-0.2, 0) is 4.79 Å². The maximum Gasteiger partial charge on any atom is 0.228 e. The summed E-state index contributed by atoms with van der Waals surface area (Å²) in [6.07, 6.45) is 2.13. The zero-order valence-electron chi connectivity index (χ0n) is 10.6. The van der Waals surface area contributed by atoms with Gasteiger partial charge in [0.05, 0.1) is 12.3 Å². The molecular weight excluding hydrogens is 246 g/mol. The molecule has 1 aliphatic heterocycles. The molecule has 1 unspecified atom stereocenters. The normalized spacial score (nSPS) is 19.3. The Balaban J connectivity index is 2.01. The standard InChI is InChI=1S/C14H19NO2S/c1-2-17-13-8-4-3-7-12(13)15-14(16)11-6-5-9-18-10-11/h3-4,7-8,11H,2,5-6,9-10H2,1H3,(H,15,16). The third-order valence-electron chi connectivity index (χ3n) is 2.98. The molecule has 0 saturated carbocycles. The fourth-order valence-electron chi connectivity index (χ4n) is 2.03. The van der Waals surface area contributed by atoms with E-state index in [1.165, 1.54) is 5.75 Å². The van der Waals surface area contributed by atoms with Crippen molar-refractivity contribution in [3.8, 4) is 5.75 Å². The van der Waals surface area contributed by atoms with Crippen LogP contribution in [0.1, 0.15) is 19.8 Å². The summed E-state index contributed by atoms with van der Waals surface area (Å²) < 4.78 is 5.51. The summed E-state index contributed by atoms with van der Waals surface area (Å²) in [5, 5.41) is 2.99. The molecular formula is C14H19NO2S. The molecule has 4 heteroatoms. The van der Waals surface area contributed by atoms with Gasteiger partial charge in [-0.25, -0.2) is 0 Å². The Morgan fingerprint density at radius 1 is 1.50 bits per heavy atom. The molecule has 2 rings (SSSR count). The molecule has 18 heavy (non-hydrogen) atoms. The molecule has 1 aromatic rings. The largest absolute Gasteiger partial charge is 0.492 e. The van der Waals surface area contributed by atoms with E-state index in [-0.39, 0.29) is 11.8 Å². The maximum absolute atomic E-state index is 12.1. The van der Waals surface area contributed by atoms with Crippen molar-refractivity contribution in [3.05, 3.63) is 24.3 Å². The van der Waals surface area contributed by atoms with Gasteiger partial charge in [0.25, 0.3) is 0 Å². The van der Waals surface area contributed by atoms with Crippen molar-refractivity contribution in [2.45, 2.75) is 19.8 Å². The predicted octanol–water partition coefficient (Wildman–Crippen LogP) is 3.17. The van der Waals surface area contributed by atoms with Crippen LogP contribution in [0.3, 0.4) is 0 Å². The van der Waals surface area contributed by atoms with Gasteiger partial charge in [0.2, 0.25) is 5.91 Å². The van der Waals surface area contributed by atoms with E-state index in [0.29, 0.717) is 6.61 Å². The van der Waals surface area contributed by atoms with Gasteiger partial charge < -0.3 is 10.1 Å². The molecule has 1 N–H and O–H groups in total. The van der Waals surface area contributed by atoms with Crippen LogP contribution in [0.2, 0.25) is 0 Å². The summed E-state index contributed by atoms with van der Waals surface area (Å²) in [5.41, 5.74) is 0.778. The third-order valence-corrected chi connectivity index (χ3v) is 4.19. The number of amides is 1. The Bertz CT molecular complexity index is 403. The number of ether oxygens (including phenoxy) is 1. The first-order chi connectivity index (χ1) is 8.81.